The maximum atomic E-state index is 11.7. The second-order valence-electron chi connectivity index (χ2n) is 5.44. The highest BCUT2D eigenvalue weighted by Gasteiger charge is 2.22. The third kappa shape index (κ3) is 3.66. The van der Waals surface area contributed by atoms with Gasteiger partial charge < -0.3 is 4.90 Å². The second-order valence-corrected chi connectivity index (χ2v) is 5.44. The van der Waals surface area contributed by atoms with Gasteiger partial charge in [0.15, 0.2) is 0 Å². The quantitative estimate of drug-likeness (QED) is 0.672. The zero-order valence-corrected chi connectivity index (χ0v) is 9.84. The van der Waals surface area contributed by atoms with E-state index in [9.17, 15) is 4.79 Å². The van der Waals surface area contributed by atoms with Crippen molar-refractivity contribution in [2.75, 3.05) is 26.8 Å². The Balaban J connectivity index is 2.29. The SMILES string of the molecule is CN1CCN(C(=O)CCC(C)(C)C)C1. The van der Waals surface area contributed by atoms with Crippen LogP contribution in [0.2, 0.25) is 0 Å². The summed E-state index contributed by atoms with van der Waals surface area (Å²) >= 11 is 0. The molecule has 0 aromatic heterocycles. The van der Waals surface area contributed by atoms with Crippen LogP contribution in [0.25, 0.3) is 0 Å². The lowest BCUT2D eigenvalue weighted by Gasteiger charge is -2.20. The van der Waals surface area contributed by atoms with Gasteiger partial charge in [-0.1, -0.05) is 20.8 Å². The Hall–Kier alpha value is -0.570. The van der Waals surface area contributed by atoms with Crippen molar-refractivity contribution in [2.24, 2.45) is 5.41 Å². The molecule has 1 heterocycles. The average Bonchev–Trinajstić information content (AvgIpc) is 2.46. The average molecular weight is 198 g/mol. The van der Waals surface area contributed by atoms with E-state index in [4.69, 9.17) is 0 Å². The molecule has 14 heavy (non-hydrogen) atoms. The molecule has 1 aliphatic rings. The number of hydrogen-bond acceptors (Lipinski definition) is 2. The Bertz CT molecular complexity index is 208. The van der Waals surface area contributed by atoms with Crippen LogP contribution in [0.3, 0.4) is 0 Å². The number of amides is 1. The van der Waals surface area contributed by atoms with Gasteiger partial charge in [-0.15, -0.1) is 0 Å². The van der Waals surface area contributed by atoms with Gasteiger partial charge >= 0.3 is 0 Å². The highest BCUT2D eigenvalue weighted by atomic mass is 16.2. The summed E-state index contributed by atoms with van der Waals surface area (Å²) in [5.74, 6) is 0.310. The summed E-state index contributed by atoms with van der Waals surface area (Å²) in [6.07, 6.45) is 1.67. The van der Waals surface area contributed by atoms with E-state index < -0.39 is 0 Å². The van der Waals surface area contributed by atoms with Crippen LogP contribution in [0.5, 0.6) is 0 Å². The first-order chi connectivity index (χ1) is 6.38. The summed E-state index contributed by atoms with van der Waals surface area (Å²) in [5.41, 5.74) is 0.265. The van der Waals surface area contributed by atoms with Gasteiger partial charge in [0.2, 0.25) is 5.91 Å². The van der Waals surface area contributed by atoms with Gasteiger partial charge in [0.1, 0.15) is 0 Å². The van der Waals surface area contributed by atoms with E-state index in [0.717, 1.165) is 26.2 Å². The van der Waals surface area contributed by atoms with Crippen molar-refractivity contribution >= 4 is 5.91 Å². The second kappa shape index (κ2) is 4.30. The molecule has 0 unspecified atom stereocenters. The first kappa shape index (κ1) is 11.5. The number of carbonyl (C=O) groups is 1. The van der Waals surface area contributed by atoms with Crippen LogP contribution >= 0.6 is 0 Å². The smallest absolute Gasteiger partial charge is 0.223 e. The van der Waals surface area contributed by atoms with Crippen LogP contribution < -0.4 is 0 Å². The fraction of sp³-hybridized carbons (Fsp3) is 0.909. The van der Waals surface area contributed by atoms with Crippen molar-refractivity contribution < 1.29 is 4.79 Å². The third-order valence-electron chi connectivity index (χ3n) is 2.61. The van der Waals surface area contributed by atoms with E-state index in [1.54, 1.807) is 0 Å². The fourth-order valence-electron chi connectivity index (χ4n) is 1.57. The summed E-state index contributed by atoms with van der Waals surface area (Å²) in [7, 11) is 2.05. The molecule has 0 spiro atoms. The molecule has 1 rings (SSSR count). The van der Waals surface area contributed by atoms with Crippen molar-refractivity contribution in [3.8, 4) is 0 Å². The molecule has 82 valence electrons. The number of likely N-dealkylation sites (N-methyl/N-ethyl adjacent to an activating group) is 1. The van der Waals surface area contributed by atoms with Crippen molar-refractivity contribution in [2.45, 2.75) is 33.6 Å². The van der Waals surface area contributed by atoms with E-state index in [2.05, 4.69) is 32.7 Å². The normalized spacial score (nSPS) is 19.0. The molecule has 0 radical (unpaired) electrons. The van der Waals surface area contributed by atoms with Gasteiger partial charge in [-0.05, 0) is 18.9 Å². The van der Waals surface area contributed by atoms with Crippen LogP contribution in [0.1, 0.15) is 33.6 Å². The highest BCUT2D eigenvalue weighted by molar-refractivity contribution is 5.76. The minimum atomic E-state index is 0.265. The summed E-state index contributed by atoms with van der Waals surface area (Å²) in [6.45, 7) is 9.26. The van der Waals surface area contributed by atoms with E-state index in [1.165, 1.54) is 0 Å². The summed E-state index contributed by atoms with van der Waals surface area (Å²) in [6, 6.07) is 0. The molecule has 1 saturated heterocycles. The predicted octanol–water partition coefficient (Wildman–Crippen LogP) is 1.54. The molecule has 1 fully saturated rings. The Kier molecular flexibility index (Phi) is 3.53. The number of hydrogen-bond donors (Lipinski definition) is 0. The van der Waals surface area contributed by atoms with Gasteiger partial charge in [0.25, 0.3) is 0 Å². The van der Waals surface area contributed by atoms with E-state index in [0.29, 0.717) is 12.3 Å². The molecule has 1 aliphatic heterocycles. The zero-order chi connectivity index (χ0) is 10.8. The Labute approximate surface area is 87.1 Å². The Morgan fingerprint density at radius 2 is 1.93 bits per heavy atom. The molecule has 3 nitrogen and oxygen atoms in total. The van der Waals surface area contributed by atoms with Crippen LogP contribution in [-0.2, 0) is 4.79 Å². The van der Waals surface area contributed by atoms with Gasteiger partial charge in [-0.25, -0.2) is 0 Å². The van der Waals surface area contributed by atoms with E-state index in [1.807, 2.05) is 4.90 Å². The molecule has 3 heteroatoms. The standard InChI is InChI=1S/C11H22N2O/c1-11(2,3)6-5-10(14)13-8-7-12(4)9-13/h5-9H2,1-4H3. The predicted molar refractivity (Wildman–Crippen MR) is 57.9 cm³/mol. The van der Waals surface area contributed by atoms with Gasteiger partial charge in [-0.2, -0.15) is 0 Å². The maximum absolute atomic E-state index is 11.7. The van der Waals surface area contributed by atoms with E-state index in [-0.39, 0.29) is 5.41 Å². The molecule has 0 aliphatic carbocycles. The van der Waals surface area contributed by atoms with Gasteiger partial charge in [0.05, 0.1) is 6.67 Å². The molecule has 0 N–H and O–H groups in total. The lowest BCUT2D eigenvalue weighted by molar-refractivity contribution is -0.131. The molecule has 1 amide bonds. The molecule has 0 saturated carbocycles. The third-order valence-corrected chi connectivity index (χ3v) is 2.61. The minimum Gasteiger partial charge on any atom is -0.328 e. The highest BCUT2D eigenvalue weighted by Crippen LogP contribution is 2.21. The van der Waals surface area contributed by atoms with E-state index >= 15 is 0 Å². The van der Waals surface area contributed by atoms with Gasteiger partial charge in [-0.3, -0.25) is 9.69 Å². The first-order valence-electron chi connectivity index (χ1n) is 5.35. The molecule has 0 atom stereocenters. The summed E-state index contributed by atoms with van der Waals surface area (Å²) < 4.78 is 0. The number of nitrogens with zero attached hydrogens (tertiary/aromatic N) is 2. The fourth-order valence-corrected chi connectivity index (χ4v) is 1.57. The molecular formula is C11H22N2O. The Morgan fingerprint density at radius 1 is 1.29 bits per heavy atom. The van der Waals surface area contributed by atoms with Crippen molar-refractivity contribution in [1.82, 2.24) is 9.80 Å². The number of rotatable bonds is 2. The van der Waals surface area contributed by atoms with Crippen molar-refractivity contribution in [3.05, 3.63) is 0 Å². The molecule has 0 bridgehead atoms. The maximum Gasteiger partial charge on any atom is 0.223 e. The monoisotopic (exact) mass is 198 g/mol. The summed E-state index contributed by atoms with van der Waals surface area (Å²) in [4.78, 5) is 15.9. The first-order valence-corrected chi connectivity index (χ1v) is 5.35. The van der Waals surface area contributed by atoms with Crippen LogP contribution in [-0.4, -0.2) is 42.5 Å². The molecular weight excluding hydrogens is 176 g/mol. The van der Waals surface area contributed by atoms with Crippen LogP contribution in [0, 0.1) is 5.41 Å². The van der Waals surface area contributed by atoms with Gasteiger partial charge in [0, 0.05) is 19.5 Å². The van der Waals surface area contributed by atoms with Crippen molar-refractivity contribution in [3.63, 3.8) is 0 Å². The Morgan fingerprint density at radius 3 is 2.36 bits per heavy atom. The topological polar surface area (TPSA) is 23.6 Å². The van der Waals surface area contributed by atoms with Crippen LogP contribution in [0.15, 0.2) is 0 Å². The lowest BCUT2D eigenvalue weighted by atomic mass is 9.90. The minimum absolute atomic E-state index is 0.265. The lowest BCUT2D eigenvalue weighted by Crippen LogP contribution is -2.30. The number of carbonyl (C=O) groups excluding carboxylic acids is 1. The van der Waals surface area contributed by atoms with Crippen molar-refractivity contribution in [1.29, 1.82) is 0 Å². The largest absolute Gasteiger partial charge is 0.328 e. The van der Waals surface area contributed by atoms with Crippen LogP contribution in [0.4, 0.5) is 0 Å². The summed E-state index contributed by atoms with van der Waals surface area (Å²) in [5, 5.41) is 0. The zero-order valence-electron chi connectivity index (χ0n) is 9.84. The molecule has 0 aromatic rings. The molecule has 0 aromatic carbocycles.